The Bertz CT molecular complexity index is 719. The lowest BCUT2D eigenvalue weighted by molar-refractivity contribution is -0.139. The van der Waals surface area contributed by atoms with E-state index in [2.05, 4.69) is 10.6 Å². The molecule has 1 saturated heterocycles. The van der Waals surface area contributed by atoms with Crippen molar-refractivity contribution in [3.8, 4) is 5.75 Å². The second-order valence-electron chi connectivity index (χ2n) is 5.26. The smallest absolute Gasteiger partial charge is 0.309 e. The summed E-state index contributed by atoms with van der Waals surface area (Å²) in [6.45, 7) is 0.506. The maximum absolute atomic E-state index is 12.8. The van der Waals surface area contributed by atoms with Crippen molar-refractivity contribution in [3.63, 3.8) is 0 Å². The molecule has 10 heteroatoms. The van der Waals surface area contributed by atoms with Gasteiger partial charge in [0.15, 0.2) is 0 Å². The van der Waals surface area contributed by atoms with Crippen LogP contribution < -0.4 is 15.4 Å². The molecule has 1 aromatic rings. The van der Waals surface area contributed by atoms with E-state index in [0.29, 0.717) is 18.8 Å². The van der Waals surface area contributed by atoms with Gasteiger partial charge in [0, 0.05) is 13.6 Å². The number of rotatable bonds is 5. The first-order chi connectivity index (χ1) is 11.9. The van der Waals surface area contributed by atoms with Gasteiger partial charge in [-0.05, 0) is 30.7 Å². The van der Waals surface area contributed by atoms with Crippen molar-refractivity contribution in [2.45, 2.75) is 17.5 Å². The summed E-state index contributed by atoms with van der Waals surface area (Å²) in [4.78, 5) is 22.9. The lowest BCUT2D eigenvalue weighted by Crippen LogP contribution is -2.52. The van der Waals surface area contributed by atoms with E-state index in [1.54, 1.807) is 12.1 Å². The zero-order valence-electron chi connectivity index (χ0n) is 14.0. The van der Waals surface area contributed by atoms with Crippen LogP contribution in [0.15, 0.2) is 29.2 Å². The molecule has 1 aromatic carbocycles. The van der Waals surface area contributed by atoms with Crippen LogP contribution in [0.25, 0.3) is 0 Å². The van der Waals surface area contributed by atoms with Crippen LogP contribution >= 0.6 is 0 Å². The first-order valence-corrected chi connectivity index (χ1v) is 9.11. The summed E-state index contributed by atoms with van der Waals surface area (Å²) in [6, 6.07) is 6.01. The second kappa shape index (κ2) is 8.28. The van der Waals surface area contributed by atoms with E-state index in [9.17, 15) is 18.0 Å². The Kier molecular flexibility index (Phi) is 6.34. The molecule has 1 aliphatic heterocycles. The minimum absolute atomic E-state index is 0.0985. The van der Waals surface area contributed by atoms with Gasteiger partial charge in [-0.25, -0.2) is 8.42 Å². The Labute approximate surface area is 146 Å². The van der Waals surface area contributed by atoms with Gasteiger partial charge < -0.3 is 20.1 Å². The Morgan fingerprint density at radius 1 is 1.28 bits per heavy atom. The van der Waals surface area contributed by atoms with Crippen molar-refractivity contribution in [1.82, 2.24) is 14.9 Å². The number of carbonyl (C=O) groups is 2. The highest BCUT2D eigenvalue weighted by Gasteiger charge is 2.34. The fourth-order valence-corrected chi connectivity index (χ4v) is 3.92. The number of hydrogen-bond donors (Lipinski definition) is 2. The van der Waals surface area contributed by atoms with Crippen molar-refractivity contribution in [2.24, 2.45) is 0 Å². The number of hydrogen-bond acceptors (Lipinski definition) is 6. The van der Waals surface area contributed by atoms with Crippen molar-refractivity contribution in [2.75, 3.05) is 33.9 Å². The molecule has 2 N–H and O–H groups in total. The summed E-state index contributed by atoms with van der Waals surface area (Å²) in [6.07, 6.45) is -0.343. The fraction of sp³-hybridized carbons (Fsp3) is 0.467. The van der Waals surface area contributed by atoms with Crippen LogP contribution in [0.4, 0.5) is 0 Å². The van der Waals surface area contributed by atoms with Crippen LogP contribution in [0.2, 0.25) is 0 Å². The molecule has 2 rings (SSSR count). The van der Waals surface area contributed by atoms with Gasteiger partial charge in [-0.2, -0.15) is 4.31 Å². The van der Waals surface area contributed by atoms with E-state index in [1.807, 2.05) is 0 Å². The van der Waals surface area contributed by atoms with Crippen LogP contribution in [0, 0.1) is 0 Å². The van der Waals surface area contributed by atoms with Crippen LogP contribution in [0.1, 0.15) is 6.42 Å². The first kappa shape index (κ1) is 19.2. The normalized spacial score (nSPS) is 18.4. The number of benzene rings is 1. The molecule has 0 saturated carbocycles. The molecule has 1 heterocycles. The van der Waals surface area contributed by atoms with E-state index < -0.39 is 28.1 Å². The Morgan fingerprint density at radius 2 is 1.96 bits per heavy atom. The minimum atomic E-state index is -3.81. The first-order valence-electron chi connectivity index (χ1n) is 7.67. The van der Waals surface area contributed by atoms with Crippen molar-refractivity contribution in [3.05, 3.63) is 24.3 Å². The largest absolute Gasteiger partial charge is 0.497 e. The molecule has 1 aliphatic rings. The highest BCUT2D eigenvalue weighted by Crippen LogP contribution is 2.23. The van der Waals surface area contributed by atoms with Crippen molar-refractivity contribution >= 4 is 21.8 Å². The van der Waals surface area contributed by atoms with Crippen molar-refractivity contribution in [1.29, 1.82) is 0 Å². The molecule has 0 bridgehead atoms. The van der Waals surface area contributed by atoms with Gasteiger partial charge in [0.05, 0.1) is 25.2 Å². The predicted molar refractivity (Wildman–Crippen MR) is 88.3 cm³/mol. The summed E-state index contributed by atoms with van der Waals surface area (Å²) in [5, 5.41) is 4.57. The van der Waals surface area contributed by atoms with Crippen LogP contribution in [0.3, 0.4) is 0 Å². The maximum Gasteiger partial charge on any atom is 0.309 e. The Morgan fingerprint density at radius 3 is 2.56 bits per heavy atom. The zero-order chi connectivity index (χ0) is 18.4. The summed E-state index contributed by atoms with van der Waals surface area (Å²) in [5.74, 6) is -1.11. The Hall–Kier alpha value is -2.17. The lowest BCUT2D eigenvalue weighted by Gasteiger charge is -2.34. The summed E-state index contributed by atoms with van der Waals surface area (Å²) in [7, 11) is -0.983. The number of sulfonamides is 1. The monoisotopic (exact) mass is 371 g/mol. The van der Waals surface area contributed by atoms with E-state index in [-0.39, 0.29) is 18.0 Å². The van der Waals surface area contributed by atoms with Gasteiger partial charge in [0.2, 0.25) is 10.0 Å². The third kappa shape index (κ3) is 4.47. The standard InChI is InChI=1S/C15H21N3O6S/c1-16-14(19)15(20)17-10-13-18(8-3-9-24-13)25(21,22)12-6-4-11(23-2)5-7-12/h4-7,13H,3,8-10H2,1-2H3,(H,16,19)(H,17,20)/t13-/m1/s1. The summed E-state index contributed by atoms with van der Waals surface area (Å²) < 4.78 is 37.4. The van der Waals surface area contributed by atoms with E-state index in [1.165, 1.54) is 30.6 Å². The third-order valence-electron chi connectivity index (χ3n) is 3.69. The van der Waals surface area contributed by atoms with Crippen LogP contribution in [-0.4, -0.2) is 64.6 Å². The summed E-state index contributed by atoms with van der Waals surface area (Å²) >= 11 is 0. The molecule has 138 valence electrons. The number of ether oxygens (including phenoxy) is 2. The van der Waals surface area contributed by atoms with Gasteiger partial charge in [-0.3, -0.25) is 9.59 Å². The fourth-order valence-electron chi connectivity index (χ4n) is 2.36. The quantitative estimate of drug-likeness (QED) is 0.661. The molecule has 0 spiro atoms. The lowest BCUT2D eigenvalue weighted by atomic mass is 10.3. The predicted octanol–water partition coefficient (Wildman–Crippen LogP) is -0.705. The van der Waals surface area contributed by atoms with E-state index in [0.717, 1.165) is 0 Å². The van der Waals surface area contributed by atoms with Gasteiger partial charge >= 0.3 is 11.8 Å². The molecule has 1 fully saturated rings. The van der Waals surface area contributed by atoms with E-state index >= 15 is 0 Å². The molecule has 0 aliphatic carbocycles. The SMILES string of the molecule is CNC(=O)C(=O)NC[C@H]1OCCCN1S(=O)(=O)c1ccc(OC)cc1. The maximum atomic E-state index is 12.8. The topological polar surface area (TPSA) is 114 Å². The number of carbonyl (C=O) groups excluding carboxylic acids is 2. The van der Waals surface area contributed by atoms with Crippen molar-refractivity contribution < 1.29 is 27.5 Å². The van der Waals surface area contributed by atoms with Gasteiger partial charge in [0.1, 0.15) is 12.0 Å². The Balaban J connectivity index is 2.15. The third-order valence-corrected chi connectivity index (χ3v) is 5.59. The molecule has 2 amide bonds. The highest BCUT2D eigenvalue weighted by molar-refractivity contribution is 7.89. The molecular weight excluding hydrogens is 350 g/mol. The molecule has 0 aromatic heterocycles. The number of nitrogens with zero attached hydrogens (tertiary/aromatic N) is 1. The van der Waals surface area contributed by atoms with Gasteiger partial charge in [-0.15, -0.1) is 0 Å². The van der Waals surface area contributed by atoms with Gasteiger partial charge in [0.25, 0.3) is 0 Å². The molecule has 25 heavy (non-hydrogen) atoms. The molecule has 0 unspecified atom stereocenters. The van der Waals surface area contributed by atoms with Crippen LogP contribution in [0.5, 0.6) is 5.75 Å². The highest BCUT2D eigenvalue weighted by atomic mass is 32.2. The average molecular weight is 371 g/mol. The number of likely N-dealkylation sites (N-methyl/N-ethyl adjacent to an activating group) is 1. The second-order valence-corrected chi connectivity index (χ2v) is 7.15. The zero-order valence-corrected chi connectivity index (χ0v) is 14.8. The minimum Gasteiger partial charge on any atom is -0.497 e. The molecule has 9 nitrogen and oxygen atoms in total. The number of nitrogens with one attached hydrogen (secondary N) is 2. The summed E-state index contributed by atoms with van der Waals surface area (Å²) in [5.41, 5.74) is 0. The molecule has 1 atom stereocenters. The number of amides is 2. The van der Waals surface area contributed by atoms with Crippen LogP contribution in [-0.2, 0) is 24.3 Å². The average Bonchev–Trinajstić information content (AvgIpc) is 2.65. The number of methoxy groups -OCH3 is 1. The molecular formula is C15H21N3O6S. The molecule has 0 radical (unpaired) electrons. The van der Waals surface area contributed by atoms with E-state index in [4.69, 9.17) is 9.47 Å². The van der Waals surface area contributed by atoms with Gasteiger partial charge in [-0.1, -0.05) is 0 Å².